The Bertz CT molecular complexity index is 931. The smallest absolute Gasteiger partial charge is 0.308 e. The number of carboxylic acid groups (broad SMARTS) is 1. The number of benzene rings is 1. The van der Waals surface area contributed by atoms with E-state index in [9.17, 15) is 9.90 Å². The standard InChI is InChI=1S/C18H16N2O5S/c1-23-14-5-3-4-11(16(14)24-2)8-13(9-15(21)22)18-19-17(20-25-18)12-6-7-26-10-12/h3-8,10H,9H2,1-2H3,(H,21,22)/b13-8+. The van der Waals surface area contributed by atoms with Gasteiger partial charge in [0, 0.05) is 22.1 Å². The van der Waals surface area contributed by atoms with Crippen molar-refractivity contribution in [2.24, 2.45) is 0 Å². The Hall–Kier alpha value is -3.13. The number of rotatable bonds is 7. The van der Waals surface area contributed by atoms with Gasteiger partial charge in [-0.3, -0.25) is 4.79 Å². The highest BCUT2D eigenvalue weighted by Crippen LogP contribution is 2.34. The minimum atomic E-state index is -1.01. The first-order valence-corrected chi connectivity index (χ1v) is 8.56. The summed E-state index contributed by atoms with van der Waals surface area (Å²) in [5.74, 6) is 0.595. The van der Waals surface area contributed by atoms with Gasteiger partial charge in [0.05, 0.1) is 20.6 Å². The molecule has 0 unspecified atom stereocenters. The van der Waals surface area contributed by atoms with Gasteiger partial charge < -0.3 is 19.1 Å². The molecule has 0 saturated heterocycles. The maximum atomic E-state index is 11.3. The zero-order valence-electron chi connectivity index (χ0n) is 14.1. The third kappa shape index (κ3) is 3.75. The fraction of sp³-hybridized carbons (Fsp3) is 0.167. The van der Waals surface area contributed by atoms with Gasteiger partial charge in [-0.25, -0.2) is 0 Å². The van der Waals surface area contributed by atoms with Crippen LogP contribution >= 0.6 is 11.3 Å². The van der Waals surface area contributed by atoms with Gasteiger partial charge in [0.2, 0.25) is 5.82 Å². The topological polar surface area (TPSA) is 94.7 Å². The summed E-state index contributed by atoms with van der Waals surface area (Å²) in [5.41, 5.74) is 1.84. The highest BCUT2D eigenvalue weighted by atomic mass is 32.1. The monoisotopic (exact) mass is 372 g/mol. The number of nitrogens with zero attached hydrogens (tertiary/aromatic N) is 2. The maximum absolute atomic E-state index is 11.3. The molecule has 0 radical (unpaired) electrons. The minimum absolute atomic E-state index is 0.151. The largest absolute Gasteiger partial charge is 0.493 e. The Labute approximate surface area is 153 Å². The van der Waals surface area contributed by atoms with Crippen LogP contribution in [0.15, 0.2) is 39.5 Å². The lowest BCUT2D eigenvalue weighted by Crippen LogP contribution is -1.98. The van der Waals surface area contributed by atoms with E-state index in [4.69, 9.17) is 14.0 Å². The number of para-hydroxylation sites is 1. The molecule has 0 fully saturated rings. The zero-order valence-corrected chi connectivity index (χ0v) is 14.9. The van der Waals surface area contributed by atoms with Crippen LogP contribution in [0.2, 0.25) is 0 Å². The average molecular weight is 372 g/mol. The second kappa shape index (κ2) is 7.83. The van der Waals surface area contributed by atoms with Gasteiger partial charge in [0.15, 0.2) is 11.5 Å². The number of carboxylic acids is 1. The lowest BCUT2D eigenvalue weighted by molar-refractivity contribution is -0.135. The van der Waals surface area contributed by atoms with Crippen LogP contribution in [0.4, 0.5) is 0 Å². The van der Waals surface area contributed by atoms with E-state index >= 15 is 0 Å². The summed E-state index contributed by atoms with van der Waals surface area (Å²) in [7, 11) is 3.06. The summed E-state index contributed by atoms with van der Waals surface area (Å²) in [6.45, 7) is 0. The van der Waals surface area contributed by atoms with E-state index in [0.717, 1.165) is 5.56 Å². The number of thiophene rings is 1. The average Bonchev–Trinajstić information content (AvgIpc) is 3.31. The number of hydrogen-bond acceptors (Lipinski definition) is 7. The molecule has 3 aromatic rings. The Morgan fingerprint density at radius 3 is 2.81 bits per heavy atom. The molecule has 1 aromatic carbocycles. The number of ether oxygens (including phenoxy) is 2. The molecule has 7 nitrogen and oxygen atoms in total. The van der Waals surface area contributed by atoms with Crippen molar-refractivity contribution in [2.75, 3.05) is 14.2 Å². The summed E-state index contributed by atoms with van der Waals surface area (Å²) >= 11 is 1.51. The lowest BCUT2D eigenvalue weighted by Gasteiger charge is -2.10. The molecule has 0 saturated carbocycles. The fourth-order valence-corrected chi connectivity index (χ4v) is 3.06. The molecule has 0 amide bonds. The zero-order chi connectivity index (χ0) is 18.5. The molecule has 134 valence electrons. The van der Waals surface area contributed by atoms with Gasteiger partial charge in [-0.15, -0.1) is 0 Å². The Balaban J connectivity index is 2.04. The van der Waals surface area contributed by atoms with E-state index in [1.807, 2.05) is 16.8 Å². The highest BCUT2D eigenvalue weighted by molar-refractivity contribution is 7.08. The van der Waals surface area contributed by atoms with E-state index in [-0.39, 0.29) is 12.3 Å². The molecule has 0 spiro atoms. The molecule has 0 atom stereocenters. The molecule has 2 aromatic heterocycles. The Morgan fingerprint density at radius 1 is 1.31 bits per heavy atom. The van der Waals surface area contributed by atoms with Crippen LogP contribution in [-0.2, 0) is 4.79 Å². The SMILES string of the molecule is COc1cccc(/C=C(\CC(=O)O)c2nc(-c3ccsc3)no2)c1OC. The predicted octanol–water partition coefficient (Wildman–Crippen LogP) is 3.83. The summed E-state index contributed by atoms with van der Waals surface area (Å²) in [6.07, 6.45) is 1.38. The summed E-state index contributed by atoms with van der Waals surface area (Å²) in [5, 5.41) is 17.0. The van der Waals surface area contributed by atoms with Crippen LogP contribution in [0.3, 0.4) is 0 Å². The highest BCUT2D eigenvalue weighted by Gasteiger charge is 2.18. The van der Waals surface area contributed by atoms with Crippen LogP contribution < -0.4 is 9.47 Å². The van der Waals surface area contributed by atoms with Crippen LogP contribution in [0.25, 0.3) is 23.0 Å². The normalized spacial score (nSPS) is 11.4. The molecule has 0 bridgehead atoms. The van der Waals surface area contributed by atoms with Crippen molar-refractivity contribution in [1.29, 1.82) is 0 Å². The van der Waals surface area contributed by atoms with Crippen molar-refractivity contribution >= 4 is 29.0 Å². The second-order valence-corrected chi connectivity index (χ2v) is 6.04. The first-order chi connectivity index (χ1) is 12.6. The van der Waals surface area contributed by atoms with E-state index in [2.05, 4.69) is 10.1 Å². The quantitative estimate of drug-likeness (QED) is 0.673. The number of aromatic nitrogens is 2. The Kier molecular flexibility index (Phi) is 5.33. The summed E-state index contributed by atoms with van der Waals surface area (Å²) < 4.78 is 16.0. The molecular weight excluding hydrogens is 356 g/mol. The molecule has 0 aliphatic heterocycles. The van der Waals surface area contributed by atoms with Gasteiger partial charge in [-0.05, 0) is 23.6 Å². The summed E-state index contributed by atoms with van der Waals surface area (Å²) in [4.78, 5) is 15.6. The van der Waals surface area contributed by atoms with Gasteiger partial charge in [0.25, 0.3) is 5.89 Å². The van der Waals surface area contributed by atoms with E-state index < -0.39 is 5.97 Å². The van der Waals surface area contributed by atoms with Gasteiger partial charge in [0.1, 0.15) is 0 Å². The number of hydrogen-bond donors (Lipinski definition) is 1. The molecular formula is C18H16N2O5S. The molecule has 3 rings (SSSR count). The lowest BCUT2D eigenvalue weighted by atomic mass is 10.1. The van der Waals surface area contributed by atoms with Crippen LogP contribution in [0.1, 0.15) is 17.9 Å². The van der Waals surface area contributed by atoms with E-state index in [0.29, 0.717) is 28.5 Å². The molecule has 0 aliphatic carbocycles. The van der Waals surface area contributed by atoms with Crippen molar-refractivity contribution in [3.05, 3.63) is 46.5 Å². The predicted molar refractivity (Wildman–Crippen MR) is 97.3 cm³/mol. The molecule has 2 heterocycles. The molecule has 1 N–H and O–H groups in total. The van der Waals surface area contributed by atoms with Crippen molar-refractivity contribution in [1.82, 2.24) is 10.1 Å². The third-order valence-corrected chi connectivity index (χ3v) is 4.27. The van der Waals surface area contributed by atoms with Crippen molar-refractivity contribution in [3.63, 3.8) is 0 Å². The number of aliphatic carboxylic acids is 1. The van der Waals surface area contributed by atoms with Gasteiger partial charge in [-0.2, -0.15) is 16.3 Å². The van der Waals surface area contributed by atoms with Crippen LogP contribution in [0, 0.1) is 0 Å². The number of carbonyl (C=O) groups is 1. The van der Waals surface area contributed by atoms with Gasteiger partial charge in [-0.1, -0.05) is 17.3 Å². The third-order valence-electron chi connectivity index (χ3n) is 3.58. The maximum Gasteiger partial charge on any atom is 0.308 e. The first-order valence-electron chi connectivity index (χ1n) is 7.62. The second-order valence-electron chi connectivity index (χ2n) is 5.26. The van der Waals surface area contributed by atoms with Gasteiger partial charge >= 0.3 is 5.97 Å². The summed E-state index contributed by atoms with van der Waals surface area (Å²) in [6, 6.07) is 7.20. The van der Waals surface area contributed by atoms with Crippen molar-refractivity contribution < 1.29 is 23.9 Å². The van der Waals surface area contributed by atoms with E-state index in [1.54, 1.807) is 24.3 Å². The van der Waals surface area contributed by atoms with Crippen LogP contribution in [-0.4, -0.2) is 35.4 Å². The number of methoxy groups -OCH3 is 2. The van der Waals surface area contributed by atoms with E-state index in [1.165, 1.54) is 25.6 Å². The first kappa shape index (κ1) is 17.7. The minimum Gasteiger partial charge on any atom is -0.493 e. The molecule has 26 heavy (non-hydrogen) atoms. The fourth-order valence-electron chi connectivity index (χ4n) is 2.43. The van der Waals surface area contributed by atoms with Crippen molar-refractivity contribution in [3.8, 4) is 22.9 Å². The van der Waals surface area contributed by atoms with Crippen LogP contribution in [0.5, 0.6) is 11.5 Å². The molecule has 0 aliphatic rings. The van der Waals surface area contributed by atoms with Crippen molar-refractivity contribution in [2.45, 2.75) is 6.42 Å². The molecule has 8 heteroatoms. The Morgan fingerprint density at radius 2 is 2.15 bits per heavy atom.